The van der Waals surface area contributed by atoms with Gasteiger partial charge in [-0.25, -0.2) is 0 Å². The van der Waals surface area contributed by atoms with E-state index in [1.807, 2.05) is 0 Å². The van der Waals surface area contributed by atoms with Gasteiger partial charge >= 0.3 is 0 Å². The highest BCUT2D eigenvalue weighted by molar-refractivity contribution is 7.00. The summed E-state index contributed by atoms with van der Waals surface area (Å²) in [5.74, 6) is 3.49. The lowest BCUT2D eigenvalue weighted by Crippen LogP contribution is -2.64. The summed E-state index contributed by atoms with van der Waals surface area (Å²) in [7, 11) is 0. The molecule has 2 nitrogen and oxygen atoms in total. The Bertz CT molecular complexity index is 1550. The minimum atomic E-state index is 0.114. The van der Waals surface area contributed by atoms with Crippen molar-refractivity contribution in [3.63, 3.8) is 0 Å². The lowest BCUT2D eigenvalue weighted by Gasteiger charge is -2.50. The number of nitrogens with zero attached hydrogens (tertiary/aromatic N) is 2. The van der Waals surface area contributed by atoms with Crippen LogP contribution in [0, 0.1) is 30.6 Å². The van der Waals surface area contributed by atoms with Crippen molar-refractivity contribution in [1.82, 2.24) is 0 Å². The monoisotopic (exact) mass is 582 g/mol. The highest BCUT2D eigenvalue weighted by atomic mass is 15.2. The van der Waals surface area contributed by atoms with E-state index in [1.54, 1.807) is 16.4 Å². The smallest absolute Gasteiger partial charge is 0.252 e. The molecule has 4 bridgehead atoms. The standard InChI is InChI=1S/C41H51BN2/c1-24-16-37-39-38(17-24)44(36-21-26-9-11-28(36)19-26)34-15-13-30(41(5,6)7)23-32(34)42(39)31-22-29(40(2,3)4)12-14-33(31)43(37)35-20-25-8-10-27(35)18-25/h12-17,22-23,25-28,35-36H,8-11,18-21H2,1-7H3. The molecule has 228 valence electrons. The predicted molar refractivity (Wildman–Crippen MR) is 189 cm³/mol. The van der Waals surface area contributed by atoms with Crippen molar-refractivity contribution in [2.45, 2.75) is 123 Å². The first-order valence-electron chi connectivity index (χ1n) is 18.0. The molecule has 0 N–H and O–H groups in total. The third-order valence-electron chi connectivity index (χ3n) is 13.1. The maximum atomic E-state index is 2.89. The Morgan fingerprint density at radius 2 is 1.02 bits per heavy atom. The van der Waals surface area contributed by atoms with Crippen LogP contribution in [-0.4, -0.2) is 18.8 Å². The minimum Gasteiger partial charge on any atom is -0.339 e. The summed E-state index contributed by atoms with van der Waals surface area (Å²) in [6.07, 6.45) is 11.3. The third kappa shape index (κ3) is 3.92. The number of benzene rings is 3. The Morgan fingerprint density at radius 3 is 1.39 bits per heavy atom. The summed E-state index contributed by atoms with van der Waals surface area (Å²) in [5.41, 5.74) is 15.3. The van der Waals surface area contributed by atoms with Crippen LogP contribution in [0.25, 0.3) is 0 Å². The summed E-state index contributed by atoms with van der Waals surface area (Å²) in [5, 5.41) is 0. The lowest BCUT2D eigenvalue weighted by molar-refractivity contribution is 0.412. The number of anilines is 4. The quantitative estimate of drug-likeness (QED) is 0.280. The molecule has 2 aliphatic heterocycles. The average Bonchev–Trinajstić information content (AvgIpc) is 3.78. The molecule has 0 saturated heterocycles. The van der Waals surface area contributed by atoms with Gasteiger partial charge in [0.05, 0.1) is 0 Å². The van der Waals surface area contributed by atoms with Crippen molar-refractivity contribution in [1.29, 1.82) is 0 Å². The highest BCUT2D eigenvalue weighted by Crippen LogP contribution is 2.53. The van der Waals surface area contributed by atoms with Crippen LogP contribution in [0.2, 0.25) is 0 Å². The van der Waals surface area contributed by atoms with Gasteiger partial charge in [0.25, 0.3) is 6.71 Å². The van der Waals surface area contributed by atoms with Gasteiger partial charge in [0.15, 0.2) is 0 Å². The van der Waals surface area contributed by atoms with Crippen LogP contribution < -0.4 is 26.2 Å². The van der Waals surface area contributed by atoms with E-state index in [0.29, 0.717) is 12.1 Å². The molecule has 4 fully saturated rings. The van der Waals surface area contributed by atoms with E-state index in [2.05, 4.69) is 107 Å². The number of hydrogen-bond acceptors (Lipinski definition) is 2. The first-order chi connectivity index (χ1) is 21.0. The van der Waals surface area contributed by atoms with Gasteiger partial charge in [-0.05, 0) is 137 Å². The largest absolute Gasteiger partial charge is 0.339 e. The molecule has 6 aliphatic rings. The van der Waals surface area contributed by atoms with E-state index >= 15 is 0 Å². The predicted octanol–water partition coefficient (Wildman–Crippen LogP) is 8.39. The van der Waals surface area contributed by atoms with Gasteiger partial charge in [-0.3, -0.25) is 0 Å². The van der Waals surface area contributed by atoms with Crippen molar-refractivity contribution in [2.24, 2.45) is 23.7 Å². The normalized spacial score (nSPS) is 29.8. The Hall–Kier alpha value is -2.68. The molecule has 2 heterocycles. The van der Waals surface area contributed by atoms with Crippen molar-refractivity contribution >= 4 is 45.9 Å². The van der Waals surface area contributed by atoms with Gasteiger partial charge in [0.2, 0.25) is 0 Å². The summed E-state index contributed by atoms with van der Waals surface area (Å²) in [4.78, 5) is 5.79. The number of rotatable bonds is 2. The van der Waals surface area contributed by atoms with Crippen molar-refractivity contribution in [3.05, 3.63) is 65.2 Å². The Labute approximate surface area is 266 Å². The van der Waals surface area contributed by atoms with E-state index in [-0.39, 0.29) is 17.5 Å². The molecule has 3 heteroatoms. The second kappa shape index (κ2) is 9.20. The van der Waals surface area contributed by atoms with Crippen LogP contribution in [0.15, 0.2) is 48.5 Å². The molecule has 0 aromatic heterocycles. The van der Waals surface area contributed by atoms with Gasteiger partial charge < -0.3 is 9.80 Å². The van der Waals surface area contributed by atoms with Crippen LogP contribution in [-0.2, 0) is 10.8 Å². The summed E-state index contributed by atoms with van der Waals surface area (Å²) in [6.45, 7) is 17.0. The van der Waals surface area contributed by atoms with Crippen LogP contribution in [0.4, 0.5) is 22.7 Å². The molecule has 6 atom stereocenters. The fourth-order valence-corrected chi connectivity index (χ4v) is 10.9. The molecule has 0 amide bonds. The summed E-state index contributed by atoms with van der Waals surface area (Å²) in [6, 6.07) is 21.6. The zero-order chi connectivity index (χ0) is 30.3. The van der Waals surface area contributed by atoms with Crippen LogP contribution in [0.5, 0.6) is 0 Å². The second-order valence-electron chi connectivity index (χ2n) is 17.9. The van der Waals surface area contributed by atoms with E-state index < -0.39 is 0 Å². The first kappa shape index (κ1) is 27.6. The van der Waals surface area contributed by atoms with Gasteiger partial charge in [0, 0.05) is 34.8 Å². The fourth-order valence-electron chi connectivity index (χ4n) is 10.9. The molecular formula is C41H51BN2. The minimum absolute atomic E-state index is 0.114. The Balaban J connectivity index is 1.34. The average molecular weight is 583 g/mol. The molecule has 3 aromatic carbocycles. The molecular weight excluding hydrogens is 531 g/mol. The van der Waals surface area contributed by atoms with Crippen molar-refractivity contribution in [3.8, 4) is 0 Å². The molecule has 44 heavy (non-hydrogen) atoms. The van der Waals surface area contributed by atoms with Gasteiger partial charge in [0.1, 0.15) is 0 Å². The van der Waals surface area contributed by atoms with Crippen molar-refractivity contribution < 1.29 is 0 Å². The zero-order valence-corrected chi connectivity index (χ0v) is 28.2. The third-order valence-corrected chi connectivity index (χ3v) is 13.1. The molecule has 6 unspecified atom stereocenters. The zero-order valence-electron chi connectivity index (χ0n) is 28.2. The molecule has 0 spiro atoms. The molecule has 4 aliphatic carbocycles. The van der Waals surface area contributed by atoms with Crippen LogP contribution in [0.1, 0.15) is 110 Å². The van der Waals surface area contributed by atoms with Gasteiger partial charge in [-0.1, -0.05) is 78.6 Å². The van der Waals surface area contributed by atoms with E-state index in [0.717, 1.165) is 23.7 Å². The first-order valence-corrected chi connectivity index (χ1v) is 18.0. The SMILES string of the molecule is Cc1cc2c3c(c1)N(C1CC4CCC1C4)c1ccc(C(C)(C)C)cc1B3c1cc(C(C)(C)C)ccc1N2C1CC2CCC1C2. The molecule has 9 rings (SSSR count). The molecule has 0 radical (unpaired) electrons. The molecule has 4 saturated carbocycles. The van der Waals surface area contributed by atoms with Gasteiger partial charge in [-0.2, -0.15) is 0 Å². The Kier molecular flexibility index (Phi) is 5.78. The van der Waals surface area contributed by atoms with Gasteiger partial charge in [-0.15, -0.1) is 0 Å². The van der Waals surface area contributed by atoms with E-state index in [1.165, 1.54) is 90.8 Å². The lowest BCUT2D eigenvalue weighted by atomic mass is 9.33. The summed E-state index contributed by atoms with van der Waals surface area (Å²) < 4.78 is 0. The van der Waals surface area contributed by atoms with Crippen molar-refractivity contribution in [2.75, 3.05) is 9.80 Å². The number of hydrogen-bond donors (Lipinski definition) is 0. The summed E-state index contributed by atoms with van der Waals surface area (Å²) >= 11 is 0. The van der Waals surface area contributed by atoms with Crippen LogP contribution >= 0.6 is 0 Å². The maximum Gasteiger partial charge on any atom is 0.252 e. The number of fused-ring (bicyclic) bond motifs is 8. The highest BCUT2D eigenvalue weighted by Gasteiger charge is 2.51. The number of aryl methyl sites for hydroxylation is 1. The van der Waals surface area contributed by atoms with E-state index in [9.17, 15) is 0 Å². The topological polar surface area (TPSA) is 6.48 Å². The maximum absolute atomic E-state index is 2.89. The second-order valence-corrected chi connectivity index (χ2v) is 17.9. The van der Waals surface area contributed by atoms with E-state index in [4.69, 9.17) is 0 Å². The molecule has 3 aromatic rings. The fraction of sp³-hybridized carbons (Fsp3) is 0.561. The Morgan fingerprint density at radius 1 is 0.568 bits per heavy atom. The van der Waals surface area contributed by atoms with Crippen LogP contribution in [0.3, 0.4) is 0 Å².